The van der Waals surface area contributed by atoms with Crippen molar-refractivity contribution in [2.75, 3.05) is 5.75 Å². The van der Waals surface area contributed by atoms with E-state index in [-0.39, 0.29) is 11.7 Å². The average molecular weight is 218 g/mol. The molecule has 0 aliphatic carbocycles. The Hall–Kier alpha value is -1.77. The standard InChI is InChI=1S/C5H10N6O2S/c6-3(7)10-4(8)11-5(13)9-2(12)1-14/h14H,1H2,(H7,6,7,8,9,10,11,12,13). The van der Waals surface area contributed by atoms with E-state index in [0.717, 1.165) is 0 Å². The lowest BCUT2D eigenvalue weighted by Crippen LogP contribution is -2.43. The Balaban J connectivity index is 4.02. The minimum Gasteiger partial charge on any atom is -0.370 e. The van der Waals surface area contributed by atoms with Crippen LogP contribution in [0.1, 0.15) is 0 Å². The third kappa shape index (κ3) is 5.83. The van der Waals surface area contributed by atoms with Crippen molar-refractivity contribution in [1.29, 1.82) is 5.41 Å². The van der Waals surface area contributed by atoms with Gasteiger partial charge in [0.1, 0.15) is 0 Å². The summed E-state index contributed by atoms with van der Waals surface area (Å²) in [6, 6.07) is -0.890. The number of guanidine groups is 2. The van der Waals surface area contributed by atoms with Crippen LogP contribution in [0.2, 0.25) is 0 Å². The SMILES string of the molecule is N=C(N=C(N)N)NC(=O)NC(=O)CS. The Kier molecular flexibility index (Phi) is 5.07. The highest BCUT2D eigenvalue weighted by atomic mass is 32.1. The molecule has 0 spiro atoms. The summed E-state index contributed by atoms with van der Waals surface area (Å²) in [6.07, 6.45) is 0. The van der Waals surface area contributed by atoms with Gasteiger partial charge in [0.25, 0.3) is 0 Å². The Morgan fingerprint density at radius 1 is 1.36 bits per heavy atom. The molecule has 8 nitrogen and oxygen atoms in total. The molecule has 0 bridgehead atoms. The molecular weight excluding hydrogens is 208 g/mol. The molecule has 9 heteroatoms. The van der Waals surface area contributed by atoms with Gasteiger partial charge in [0.2, 0.25) is 11.9 Å². The monoisotopic (exact) mass is 218 g/mol. The maximum Gasteiger partial charge on any atom is 0.328 e. The number of nitrogens with two attached hydrogens (primary N) is 2. The van der Waals surface area contributed by atoms with Gasteiger partial charge in [0.05, 0.1) is 5.75 Å². The van der Waals surface area contributed by atoms with E-state index in [1.165, 1.54) is 0 Å². The first kappa shape index (κ1) is 12.2. The third-order valence-electron chi connectivity index (χ3n) is 0.869. The van der Waals surface area contributed by atoms with Crippen LogP contribution in [0.25, 0.3) is 0 Å². The van der Waals surface area contributed by atoms with Gasteiger partial charge in [-0.3, -0.25) is 20.8 Å². The summed E-state index contributed by atoms with van der Waals surface area (Å²) in [5, 5.41) is 10.8. The lowest BCUT2D eigenvalue weighted by atomic mass is 10.7. The van der Waals surface area contributed by atoms with Crippen molar-refractivity contribution in [3.8, 4) is 0 Å². The molecule has 14 heavy (non-hydrogen) atoms. The number of hydrogen-bond acceptors (Lipinski definition) is 4. The van der Waals surface area contributed by atoms with E-state index in [9.17, 15) is 9.59 Å². The van der Waals surface area contributed by atoms with Crippen LogP contribution >= 0.6 is 12.6 Å². The maximum absolute atomic E-state index is 10.8. The summed E-state index contributed by atoms with van der Waals surface area (Å²) in [7, 11) is 0. The van der Waals surface area contributed by atoms with Crippen LogP contribution in [0.3, 0.4) is 0 Å². The zero-order valence-corrected chi connectivity index (χ0v) is 7.97. The molecule has 0 fully saturated rings. The van der Waals surface area contributed by atoms with Gasteiger partial charge in [-0.1, -0.05) is 0 Å². The summed E-state index contributed by atoms with van der Waals surface area (Å²) in [5.41, 5.74) is 9.87. The first-order valence-corrected chi connectivity index (χ1v) is 3.99. The number of aliphatic imine (C=N–C) groups is 1. The fourth-order valence-electron chi connectivity index (χ4n) is 0.462. The van der Waals surface area contributed by atoms with Gasteiger partial charge < -0.3 is 11.5 Å². The van der Waals surface area contributed by atoms with Crippen LogP contribution in [0.5, 0.6) is 0 Å². The molecule has 0 aromatic rings. The van der Waals surface area contributed by atoms with Crippen molar-refractivity contribution >= 4 is 36.5 Å². The number of thiol groups is 1. The summed E-state index contributed by atoms with van der Waals surface area (Å²) in [5.74, 6) is -1.66. The number of amides is 3. The highest BCUT2D eigenvalue weighted by Crippen LogP contribution is 1.75. The zero-order chi connectivity index (χ0) is 11.1. The summed E-state index contributed by atoms with van der Waals surface area (Å²) in [4.78, 5) is 24.7. The second-order valence-electron chi connectivity index (χ2n) is 2.05. The smallest absolute Gasteiger partial charge is 0.328 e. The van der Waals surface area contributed by atoms with Crippen LogP contribution < -0.4 is 22.1 Å². The van der Waals surface area contributed by atoms with Crippen molar-refractivity contribution in [2.45, 2.75) is 0 Å². The van der Waals surface area contributed by atoms with Crippen molar-refractivity contribution in [2.24, 2.45) is 16.5 Å². The van der Waals surface area contributed by atoms with Crippen molar-refractivity contribution in [3.63, 3.8) is 0 Å². The van der Waals surface area contributed by atoms with E-state index < -0.39 is 17.9 Å². The fourth-order valence-corrected chi connectivity index (χ4v) is 0.541. The number of carbonyl (C=O) groups excluding carboxylic acids is 2. The van der Waals surface area contributed by atoms with E-state index >= 15 is 0 Å². The molecule has 0 radical (unpaired) electrons. The van der Waals surface area contributed by atoms with Gasteiger partial charge in [-0.25, -0.2) is 4.79 Å². The molecule has 0 saturated carbocycles. The Morgan fingerprint density at radius 2 is 1.93 bits per heavy atom. The number of carbonyl (C=O) groups is 2. The van der Waals surface area contributed by atoms with Gasteiger partial charge in [0, 0.05) is 0 Å². The van der Waals surface area contributed by atoms with E-state index in [2.05, 4.69) is 17.6 Å². The van der Waals surface area contributed by atoms with Crippen molar-refractivity contribution < 1.29 is 9.59 Å². The number of urea groups is 1. The Morgan fingerprint density at radius 3 is 2.36 bits per heavy atom. The van der Waals surface area contributed by atoms with E-state index in [1.54, 1.807) is 0 Å². The summed E-state index contributed by atoms with van der Waals surface area (Å²) in [6.45, 7) is 0. The Labute approximate surface area is 85.0 Å². The molecule has 0 aromatic heterocycles. The maximum atomic E-state index is 10.8. The molecular formula is C5H10N6O2S. The van der Waals surface area contributed by atoms with E-state index in [0.29, 0.717) is 0 Å². The molecule has 0 aromatic carbocycles. The zero-order valence-electron chi connectivity index (χ0n) is 7.07. The highest BCUT2D eigenvalue weighted by molar-refractivity contribution is 7.81. The first-order valence-electron chi connectivity index (χ1n) is 3.35. The van der Waals surface area contributed by atoms with Crippen molar-refractivity contribution in [3.05, 3.63) is 0 Å². The van der Waals surface area contributed by atoms with Crippen LogP contribution in [0, 0.1) is 5.41 Å². The van der Waals surface area contributed by atoms with Gasteiger partial charge >= 0.3 is 6.03 Å². The average Bonchev–Trinajstić information content (AvgIpc) is 2.01. The second-order valence-corrected chi connectivity index (χ2v) is 2.36. The molecule has 0 rings (SSSR count). The number of imide groups is 1. The van der Waals surface area contributed by atoms with Crippen LogP contribution in [0.4, 0.5) is 4.79 Å². The summed E-state index contributed by atoms with van der Waals surface area (Å²) >= 11 is 3.62. The van der Waals surface area contributed by atoms with Crippen LogP contribution in [-0.4, -0.2) is 29.6 Å². The fraction of sp³-hybridized carbons (Fsp3) is 0.200. The number of hydrogen-bond donors (Lipinski definition) is 6. The number of nitrogens with one attached hydrogen (secondary N) is 3. The predicted octanol–water partition coefficient (Wildman–Crippen LogP) is -2.05. The molecule has 0 saturated heterocycles. The number of nitrogens with zero attached hydrogens (tertiary/aromatic N) is 1. The van der Waals surface area contributed by atoms with Crippen LogP contribution in [0.15, 0.2) is 4.99 Å². The normalized spacial score (nSPS) is 8.64. The first-order chi connectivity index (χ1) is 6.45. The van der Waals surface area contributed by atoms with Gasteiger partial charge in [-0.2, -0.15) is 17.6 Å². The second kappa shape index (κ2) is 5.80. The largest absolute Gasteiger partial charge is 0.370 e. The lowest BCUT2D eigenvalue weighted by Gasteiger charge is -2.02. The third-order valence-corrected chi connectivity index (χ3v) is 1.16. The molecule has 7 N–H and O–H groups in total. The summed E-state index contributed by atoms with van der Waals surface area (Å²) < 4.78 is 0. The quantitative estimate of drug-likeness (QED) is 0.171. The number of rotatable bonds is 1. The molecule has 0 aliphatic heterocycles. The minimum absolute atomic E-state index is 0.136. The molecule has 0 unspecified atom stereocenters. The molecule has 0 heterocycles. The molecule has 78 valence electrons. The predicted molar refractivity (Wildman–Crippen MR) is 54.1 cm³/mol. The molecule has 3 amide bonds. The Bertz CT molecular complexity index is 284. The van der Waals surface area contributed by atoms with Gasteiger partial charge in [0.15, 0.2) is 5.96 Å². The van der Waals surface area contributed by atoms with Crippen LogP contribution in [-0.2, 0) is 4.79 Å². The van der Waals surface area contributed by atoms with Crippen molar-refractivity contribution in [1.82, 2.24) is 10.6 Å². The van der Waals surface area contributed by atoms with E-state index in [4.69, 9.17) is 16.9 Å². The van der Waals surface area contributed by atoms with Gasteiger partial charge in [-0.15, -0.1) is 0 Å². The topological polar surface area (TPSA) is 146 Å². The lowest BCUT2D eigenvalue weighted by molar-refractivity contribution is -0.117. The minimum atomic E-state index is -0.890. The molecule has 0 aliphatic rings. The molecule has 0 atom stereocenters. The van der Waals surface area contributed by atoms with E-state index in [1.807, 2.05) is 10.6 Å². The highest BCUT2D eigenvalue weighted by Gasteiger charge is 2.06. The van der Waals surface area contributed by atoms with Gasteiger partial charge in [-0.05, 0) is 0 Å².